The molecule has 3 heteroatoms. The number of nitrogens with two attached hydrogens (primary N) is 1. The summed E-state index contributed by atoms with van der Waals surface area (Å²) in [6.07, 6.45) is 7.45. The first-order chi connectivity index (χ1) is 9.60. The van der Waals surface area contributed by atoms with Gasteiger partial charge in [-0.15, -0.1) is 0 Å². The smallest absolute Gasteiger partial charge is 0.0410 e. The molecule has 0 spiro atoms. The Morgan fingerprint density at radius 3 is 2.70 bits per heavy atom. The minimum absolute atomic E-state index is 0.215. The van der Waals surface area contributed by atoms with Crippen LogP contribution in [0.4, 0.5) is 5.69 Å². The summed E-state index contributed by atoms with van der Waals surface area (Å²) < 4.78 is 0. The molecule has 1 atom stereocenters. The van der Waals surface area contributed by atoms with Crippen LogP contribution < -0.4 is 10.6 Å². The summed E-state index contributed by atoms with van der Waals surface area (Å²) in [6.45, 7) is 3.28. The maximum Gasteiger partial charge on any atom is 0.0410 e. The average Bonchev–Trinajstić information content (AvgIpc) is 2.91. The van der Waals surface area contributed by atoms with Crippen molar-refractivity contribution in [2.45, 2.75) is 51.5 Å². The summed E-state index contributed by atoms with van der Waals surface area (Å²) in [5, 5.41) is 0.807. The van der Waals surface area contributed by atoms with Crippen molar-refractivity contribution in [3.05, 3.63) is 28.8 Å². The van der Waals surface area contributed by atoms with Gasteiger partial charge < -0.3 is 10.6 Å². The first kappa shape index (κ1) is 15.7. The van der Waals surface area contributed by atoms with Crippen LogP contribution in [0.2, 0.25) is 5.02 Å². The number of anilines is 1. The minimum Gasteiger partial charge on any atom is -0.374 e. The number of hydrogen-bond donors (Lipinski definition) is 1. The van der Waals surface area contributed by atoms with Gasteiger partial charge in [0.1, 0.15) is 0 Å². The van der Waals surface area contributed by atoms with Gasteiger partial charge in [-0.05, 0) is 55.4 Å². The van der Waals surface area contributed by atoms with E-state index in [1.807, 2.05) is 6.07 Å². The zero-order valence-corrected chi connectivity index (χ0v) is 13.5. The van der Waals surface area contributed by atoms with Crippen LogP contribution in [0.1, 0.15) is 44.6 Å². The molecule has 0 aromatic heterocycles. The van der Waals surface area contributed by atoms with Crippen LogP contribution in [-0.2, 0) is 6.42 Å². The van der Waals surface area contributed by atoms with Gasteiger partial charge in [-0.25, -0.2) is 0 Å². The minimum atomic E-state index is 0.215. The molecular formula is C17H27ClN2. The Morgan fingerprint density at radius 2 is 2.05 bits per heavy atom. The molecule has 20 heavy (non-hydrogen) atoms. The lowest BCUT2D eigenvalue weighted by molar-refractivity contribution is 0.545. The van der Waals surface area contributed by atoms with Gasteiger partial charge in [0.2, 0.25) is 0 Å². The lowest BCUT2D eigenvalue weighted by atomic mass is 10.0. The molecule has 1 aromatic carbocycles. The first-order valence-corrected chi connectivity index (χ1v) is 8.23. The Bertz CT molecular complexity index is 427. The van der Waals surface area contributed by atoms with Gasteiger partial charge in [-0.2, -0.15) is 0 Å². The summed E-state index contributed by atoms with van der Waals surface area (Å²) >= 11 is 6.16. The largest absolute Gasteiger partial charge is 0.374 e. The van der Waals surface area contributed by atoms with Crippen molar-refractivity contribution in [2.24, 2.45) is 11.7 Å². The molecule has 2 nitrogen and oxygen atoms in total. The van der Waals surface area contributed by atoms with Gasteiger partial charge in [0.25, 0.3) is 0 Å². The molecule has 2 rings (SSSR count). The fourth-order valence-corrected chi connectivity index (χ4v) is 3.39. The third kappa shape index (κ3) is 4.13. The molecule has 0 radical (unpaired) electrons. The van der Waals surface area contributed by atoms with E-state index in [0.29, 0.717) is 0 Å². The highest BCUT2D eigenvalue weighted by Gasteiger charge is 2.18. The third-order valence-corrected chi connectivity index (χ3v) is 4.70. The number of hydrogen-bond acceptors (Lipinski definition) is 2. The maximum atomic E-state index is 6.16. The van der Waals surface area contributed by atoms with Crippen LogP contribution in [0.3, 0.4) is 0 Å². The van der Waals surface area contributed by atoms with Crippen LogP contribution in [0.15, 0.2) is 18.2 Å². The molecule has 1 aliphatic carbocycles. The molecule has 1 unspecified atom stereocenters. The van der Waals surface area contributed by atoms with E-state index in [9.17, 15) is 0 Å². The van der Waals surface area contributed by atoms with E-state index in [4.69, 9.17) is 17.3 Å². The fraction of sp³-hybridized carbons (Fsp3) is 0.647. The molecular weight excluding hydrogens is 268 g/mol. The van der Waals surface area contributed by atoms with E-state index in [1.165, 1.54) is 36.9 Å². The Balaban J connectivity index is 2.11. The average molecular weight is 295 g/mol. The summed E-state index contributed by atoms with van der Waals surface area (Å²) in [7, 11) is 2.20. The zero-order valence-electron chi connectivity index (χ0n) is 12.7. The van der Waals surface area contributed by atoms with E-state index in [2.05, 4.69) is 31.0 Å². The molecule has 1 fully saturated rings. The molecule has 0 heterocycles. The molecule has 2 N–H and O–H groups in total. The Kier molecular flexibility index (Phi) is 5.74. The molecule has 0 amide bonds. The highest BCUT2D eigenvalue weighted by molar-refractivity contribution is 6.30. The SMILES string of the molecule is CCC(N)Cc1cc(Cl)ccc1N(C)CC1CCCC1. The number of rotatable bonds is 6. The van der Waals surface area contributed by atoms with Crippen molar-refractivity contribution in [3.8, 4) is 0 Å². The number of nitrogens with zero attached hydrogens (tertiary/aromatic N) is 1. The van der Waals surface area contributed by atoms with Crippen LogP contribution in [0.25, 0.3) is 0 Å². The topological polar surface area (TPSA) is 29.3 Å². The van der Waals surface area contributed by atoms with Crippen LogP contribution in [0.5, 0.6) is 0 Å². The lowest BCUT2D eigenvalue weighted by Gasteiger charge is -2.26. The Hall–Kier alpha value is -0.730. The van der Waals surface area contributed by atoms with Crippen LogP contribution >= 0.6 is 11.6 Å². The molecule has 0 aliphatic heterocycles. The van der Waals surface area contributed by atoms with Gasteiger partial charge in [-0.1, -0.05) is 31.4 Å². The predicted molar refractivity (Wildman–Crippen MR) is 88.7 cm³/mol. The first-order valence-electron chi connectivity index (χ1n) is 7.85. The van der Waals surface area contributed by atoms with E-state index >= 15 is 0 Å². The van der Waals surface area contributed by atoms with Crippen LogP contribution in [-0.4, -0.2) is 19.6 Å². The van der Waals surface area contributed by atoms with Gasteiger partial charge in [0.15, 0.2) is 0 Å². The summed E-state index contributed by atoms with van der Waals surface area (Å²) in [5.74, 6) is 0.850. The highest BCUT2D eigenvalue weighted by Crippen LogP contribution is 2.30. The Labute approximate surface area is 128 Å². The normalized spacial score (nSPS) is 17.4. The fourth-order valence-electron chi connectivity index (χ4n) is 3.20. The summed E-state index contributed by atoms with van der Waals surface area (Å²) in [6, 6.07) is 6.43. The second-order valence-corrected chi connectivity index (χ2v) is 6.61. The van der Waals surface area contributed by atoms with E-state index in [0.717, 1.165) is 30.3 Å². The second kappa shape index (κ2) is 7.33. The van der Waals surface area contributed by atoms with E-state index in [-0.39, 0.29) is 6.04 Å². The van der Waals surface area contributed by atoms with E-state index < -0.39 is 0 Å². The predicted octanol–water partition coefficient (Wildman–Crippen LogP) is 4.25. The number of halogens is 1. The van der Waals surface area contributed by atoms with E-state index in [1.54, 1.807) is 0 Å². The van der Waals surface area contributed by atoms with Crippen LogP contribution in [0, 0.1) is 5.92 Å². The van der Waals surface area contributed by atoms with Crippen molar-refractivity contribution in [1.29, 1.82) is 0 Å². The van der Waals surface area contributed by atoms with Crippen molar-refractivity contribution >= 4 is 17.3 Å². The quantitative estimate of drug-likeness (QED) is 0.850. The van der Waals surface area contributed by atoms with Gasteiger partial charge >= 0.3 is 0 Å². The van der Waals surface area contributed by atoms with Crippen molar-refractivity contribution in [1.82, 2.24) is 0 Å². The molecule has 112 valence electrons. The molecule has 0 bridgehead atoms. The zero-order chi connectivity index (χ0) is 14.5. The molecule has 1 saturated carbocycles. The summed E-state index contributed by atoms with van der Waals surface area (Å²) in [4.78, 5) is 2.39. The Morgan fingerprint density at radius 1 is 1.35 bits per heavy atom. The van der Waals surface area contributed by atoms with Crippen molar-refractivity contribution < 1.29 is 0 Å². The maximum absolute atomic E-state index is 6.16. The molecule has 1 aliphatic rings. The molecule has 1 aromatic rings. The molecule has 0 saturated heterocycles. The van der Waals surface area contributed by atoms with Gasteiger partial charge in [0.05, 0.1) is 0 Å². The van der Waals surface area contributed by atoms with Gasteiger partial charge in [-0.3, -0.25) is 0 Å². The lowest BCUT2D eigenvalue weighted by Crippen LogP contribution is -2.27. The van der Waals surface area contributed by atoms with Crippen molar-refractivity contribution in [2.75, 3.05) is 18.5 Å². The third-order valence-electron chi connectivity index (χ3n) is 4.47. The standard InChI is InChI=1S/C17H27ClN2/c1-3-16(19)11-14-10-15(18)8-9-17(14)20(2)12-13-6-4-5-7-13/h8-10,13,16H,3-7,11-12,19H2,1-2H3. The highest BCUT2D eigenvalue weighted by atomic mass is 35.5. The van der Waals surface area contributed by atoms with Gasteiger partial charge in [0, 0.05) is 30.3 Å². The monoisotopic (exact) mass is 294 g/mol. The summed E-state index contributed by atoms with van der Waals surface area (Å²) in [5.41, 5.74) is 8.71. The number of benzene rings is 1. The second-order valence-electron chi connectivity index (χ2n) is 6.18. The van der Waals surface area contributed by atoms with Crippen molar-refractivity contribution in [3.63, 3.8) is 0 Å².